The second-order valence-electron chi connectivity index (χ2n) is 4.74. The van der Waals surface area contributed by atoms with Crippen molar-refractivity contribution < 1.29 is 9.72 Å². The normalized spacial score (nSPS) is 15.9. The van der Waals surface area contributed by atoms with Crippen LogP contribution in [0.15, 0.2) is 18.2 Å². The number of nitrogens with two attached hydrogens (primary N) is 2. The SMILES string of the molecule is NNc1cccc(N2CCC(C(N)=O)CC2)c1[N+](=O)[O-]. The number of para-hydroxylation sites is 1. The van der Waals surface area contributed by atoms with Crippen molar-refractivity contribution in [3.8, 4) is 0 Å². The molecule has 1 amide bonds. The lowest BCUT2D eigenvalue weighted by atomic mass is 9.96. The van der Waals surface area contributed by atoms with Crippen molar-refractivity contribution in [2.75, 3.05) is 23.4 Å². The highest BCUT2D eigenvalue weighted by atomic mass is 16.6. The van der Waals surface area contributed by atoms with E-state index in [0.717, 1.165) is 0 Å². The highest BCUT2D eigenvalue weighted by Gasteiger charge is 2.28. The van der Waals surface area contributed by atoms with Gasteiger partial charge in [-0.05, 0) is 25.0 Å². The average Bonchev–Trinajstić information content (AvgIpc) is 2.46. The van der Waals surface area contributed by atoms with E-state index in [2.05, 4.69) is 5.43 Å². The quantitative estimate of drug-likeness (QED) is 0.420. The van der Waals surface area contributed by atoms with Crippen LogP contribution in [0.4, 0.5) is 17.1 Å². The van der Waals surface area contributed by atoms with Gasteiger partial charge in [-0.25, -0.2) is 0 Å². The predicted molar refractivity (Wildman–Crippen MR) is 75.0 cm³/mol. The third-order valence-electron chi connectivity index (χ3n) is 3.59. The fourth-order valence-electron chi connectivity index (χ4n) is 2.50. The number of carbonyl (C=O) groups is 1. The number of hydrazine groups is 1. The summed E-state index contributed by atoms with van der Waals surface area (Å²) < 4.78 is 0. The van der Waals surface area contributed by atoms with Crippen molar-refractivity contribution in [3.63, 3.8) is 0 Å². The molecule has 0 aromatic heterocycles. The van der Waals surface area contributed by atoms with E-state index in [-0.39, 0.29) is 23.2 Å². The Bertz CT molecular complexity index is 526. The third-order valence-corrected chi connectivity index (χ3v) is 3.59. The van der Waals surface area contributed by atoms with Crippen molar-refractivity contribution in [1.82, 2.24) is 0 Å². The van der Waals surface area contributed by atoms with Crippen LogP contribution < -0.4 is 21.9 Å². The van der Waals surface area contributed by atoms with Crippen LogP contribution >= 0.6 is 0 Å². The van der Waals surface area contributed by atoms with E-state index < -0.39 is 4.92 Å². The van der Waals surface area contributed by atoms with Gasteiger partial charge in [0.15, 0.2) is 0 Å². The lowest BCUT2D eigenvalue weighted by Crippen LogP contribution is -2.38. The number of primary amides is 1. The van der Waals surface area contributed by atoms with Crippen LogP contribution in [0, 0.1) is 16.0 Å². The summed E-state index contributed by atoms with van der Waals surface area (Å²) in [5.41, 5.74) is 8.35. The Morgan fingerprint density at radius 3 is 2.55 bits per heavy atom. The summed E-state index contributed by atoms with van der Waals surface area (Å²) >= 11 is 0. The Hall–Kier alpha value is -2.35. The van der Waals surface area contributed by atoms with Gasteiger partial charge in [0.2, 0.25) is 5.91 Å². The van der Waals surface area contributed by atoms with Gasteiger partial charge >= 0.3 is 5.69 Å². The zero-order chi connectivity index (χ0) is 14.7. The van der Waals surface area contributed by atoms with Crippen LogP contribution in [0.25, 0.3) is 0 Å². The Morgan fingerprint density at radius 2 is 2.05 bits per heavy atom. The molecule has 0 unspecified atom stereocenters. The number of nitro benzene ring substituents is 1. The summed E-state index contributed by atoms with van der Waals surface area (Å²) in [7, 11) is 0. The Morgan fingerprint density at radius 1 is 1.40 bits per heavy atom. The van der Waals surface area contributed by atoms with Gasteiger partial charge in [0.1, 0.15) is 11.4 Å². The molecule has 1 saturated heterocycles. The van der Waals surface area contributed by atoms with E-state index >= 15 is 0 Å². The predicted octanol–water partition coefficient (Wildman–Crippen LogP) is 0.582. The lowest BCUT2D eigenvalue weighted by molar-refractivity contribution is -0.383. The lowest BCUT2D eigenvalue weighted by Gasteiger charge is -2.32. The van der Waals surface area contributed by atoms with Crippen LogP contribution in [-0.2, 0) is 4.79 Å². The van der Waals surface area contributed by atoms with Crippen molar-refractivity contribution in [1.29, 1.82) is 0 Å². The van der Waals surface area contributed by atoms with Gasteiger partial charge in [-0.2, -0.15) is 0 Å². The summed E-state index contributed by atoms with van der Waals surface area (Å²) in [5.74, 6) is 4.85. The molecule has 0 atom stereocenters. The van der Waals surface area contributed by atoms with Gasteiger partial charge in [-0.1, -0.05) is 6.07 Å². The molecule has 1 aromatic carbocycles. The Balaban J connectivity index is 2.26. The summed E-state index contributed by atoms with van der Waals surface area (Å²) in [6.07, 6.45) is 1.21. The third kappa shape index (κ3) is 2.64. The molecule has 1 aliphatic rings. The molecular formula is C12H17N5O3. The van der Waals surface area contributed by atoms with Gasteiger partial charge in [0.25, 0.3) is 0 Å². The number of nitrogens with zero attached hydrogens (tertiary/aromatic N) is 2. The van der Waals surface area contributed by atoms with Crippen LogP contribution in [0.5, 0.6) is 0 Å². The smallest absolute Gasteiger partial charge is 0.316 e. The average molecular weight is 279 g/mol. The number of benzene rings is 1. The summed E-state index contributed by atoms with van der Waals surface area (Å²) in [5, 5.41) is 11.2. The van der Waals surface area contributed by atoms with E-state index in [4.69, 9.17) is 11.6 Å². The summed E-state index contributed by atoms with van der Waals surface area (Å²) in [6.45, 7) is 1.12. The van der Waals surface area contributed by atoms with Gasteiger partial charge in [-0.15, -0.1) is 0 Å². The summed E-state index contributed by atoms with van der Waals surface area (Å²) in [4.78, 5) is 23.8. The number of piperidine rings is 1. The van der Waals surface area contributed by atoms with E-state index in [1.165, 1.54) is 0 Å². The first kappa shape index (κ1) is 14.1. The first-order chi connectivity index (χ1) is 9.54. The molecule has 0 radical (unpaired) electrons. The van der Waals surface area contributed by atoms with Crippen molar-refractivity contribution in [2.24, 2.45) is 17.5 Å². The van der Waals surface area contributed by atoms with E-state index in [1.807, 2.05) is 4.90 Å². The molecule has 108 valence electrons. The molecule has 8 heteroatoms. The van der Waals surface area contributed by atoms with Crippen molar-refractivity contribution in [3.05, 3.63) is 28.3 Å². The second-order valence-corrected chi connectivity index (χ2v) is 4.74. The van der Waals surface area contributed by atoms with Gasteiger partial charge in [-0.3, -0.25) is 20.8 Å². The standard InChI is InChI=1S/C12H17N5O3/c13-12(18)8-4-6-16(7-5-8)10-3-1-2-9(15-14)11(10)17(19)20/h1-3,8,15H,4-7,14H2,(H2,13,18). The minimum atomic E-state index is -0.454. The molecule has 0 bridgehead atoms. The molecule has 1 aromatic rings. The number of nitrogen functional groups attached to an aromatic ring is 1. The van der Waals surface area contributed by atoms with Gasteiger partial charge < -0.3 is 16.1 Å². The van der Waals surface area contributed by atoms with E-state index in [0.29, 0.717) is 31.6 Å². The zero-order valence-electron chi connectivity index (χ0n) is 10.9. The number of nitrogens with one attached hydrogen (secondary N) is 1. The maximum atomic E-state index is 11.2. The maximum Gasteiger partial charge on any atom is 0.316 e. The van der Waals surface area contributed by atoms with E-state index in [1.54, 1.807) is 18.2 Å². The number of rotatable bonds is 4. The fraction of sp³-hybridized carbons (Fsp3) is 0.417. The molecule has 20 heavy (non-hydrogen) atoms. The first-order valence-electron chi connectivity index (χ1n) is 6.33. The summed E-state index contributed by atoms with van der Waals surface area (Å²) in [6, 6.07) is 4.94. The largest absolute Gasteiger partial charge is 0.369 e. The molecule has 2 rings (SSSR count). The molecule has 0 spiro atoms. The molecule has 8 nitrogen and oxygen atoms in total. The molecule has 1 aliphatic heterocycles. The fourth-order valence-corrected chi connectivity index (χ4v) is 2.50. The van der Waals surface area contributed by atoms with Gasteiger partial charge in [0, 0.05) is 19.0 Å². The topological polar surface area (TPSA) is 128 Å². The van der Waals surface area contributed by atoms with Crippen molar-refractivity contribution in [2.45, 2.75) is 12.8 Å². The number of hydrogen-bond donors (Lipinski definition) is 3. The number of carbonyl (C=O) groups excluding carboxylic acids is 1. The number of anilines is 2. The van der Waals surface area contributed by atoms with Gasteiger partial charge in [0.05, 0.1) is 4.92 Å². The molecule has 1 heterocycles. The van der Waals surface area contributed by atoms with Crippen LogP contribution in [0.2, 0.25) is 0 Å². The minimum absolute atomic E-state index is 0.0486. The first-order valence-corrected chi connectivity index (χ1v) is 6.33. The Labute approximate surface area is 115 Å². The number of nitro groups is 1. The maximum absolute atomic E-state index is 11.2. The second kappa shape index (κ2) is 5.74. The highest BCUT2D eigenvalue weighted by molar-refractivity contribution is 5.79. The van der Waals surface area contributed by atoms with E-state index in [9.17, 15) is 14.9 Å². The molecule has 5 N–H and O–H groups in total. The molecule has 1 fully saturated rings. The Kier molecular flexibility index (Phi) is 4.04. The van der Waals surface area contributed by atoms with Crippen LogP contribution in [-0.4, -0.2) is 23.9 Å². The van der Waals surface area contributed by atoms with Crippen molar-refractivity contribution >= 4 is 23.0 Å². The number of hydrogen-bond acceptors (Lipinski definition) is 6. The zero-order valence-corrected chi connectivity index (χ0v) is 10.9. The minimum Gasteiger partial charge on any atom is -0.369 e. The van der Waals surface area contributed by atoms with Crippen LogP contribution in [0.3, 0.4) is 0 Å². The van der Waals surface area contributed by atoms with Crippen LogP contribution in [0.1, 0.15) is 12.8 Å². The highest BCUT2D eigenvalue weighted by Crippen LogP contribution is 2.36. The molecular weight excluding hydrogens is 262 g/mol. The molecule has 0 aliphatic carbocycles. The molecule has 0 saturated carbocycles. The monoisotopic (exact) mass is 279 g/mol. The number of amides is 1.